The molecule has 0 aromatic heterocycles. The smallest absolute Gasteiger partial charge is 0.0780 e. The molecule has 2 unspecified atom stereocenters. The van der Waals surface area contributed by atoms with E-state index >= 15 is 0 Å². The Hall–Kier alpha value is 0.270. The van der Waals surface area contributed by atoms with E-state index in [4.69, 9.17) is 0 Å². The molecule has 2 N–H and O–H groups in total. The van der Waals surface area contributed by atoms with Crippen molar-refractivity contribution in [3.63, 3.8) is 0 Å². The Kier molecular flexibility index (Phi) is 2.82. The molecule has 0 saturated carbocycles. The average molecular weight is 147 g/mol. The summed E-state index contributed by atoms with van der Waals surface area (Å²) in [6, 6.07) is 0. The summed E-state index contributed by atoms with van der Waals surface area (Å²) in [5.41, 5.74) is 0. The number of aliphatic hydroxyl groups is 1. The van der Waals surface area contributed by atoms with Crippen LogP contribution < -0.4 is 5.32 Å². The number of hydrogen-bond donors (Lipinski definition) is 3. The molecule has 9 heavy (non-hydrogen) atoms. The molecule has 0 aromatic rings. The molecule has 0 aliphatic carbocycles. The molecule has 2 nitrogen and oxygen atoms in total. The van der Waals surface area contributed by atoms with Crippen LogP contribution in [0.4, 0.5) is 0 Å². The van der Waals surface area contributed by atoms with Gasteiger partial charge in [-0.15, -0.1) is 0 Å². The Bertz CT molecular complexity index is 79.1. The van der Waals surface area contributed by atoms with Crippen molar-refractivity contribution in [3.05, 3.63) is 0 Å². The first-order chi connectivity index (χ1) is 4.30. The molecule has 3 heteroatoms. The van der Waals surface area contributed by atoms with E-state index in [0.717, 1.165) is 19.4 Å². The standard InChI is InChI=1S/C6H13NOS/c8-5-4-7-3-1-2-6(5)9/h5-9H,1-4H2. The molecule has 0 bridgehead atoms. The van der Waals surface area contributed by atoms with Crippen molar-refractivity contribution in [2.45, 2.75) is 24.2 Å². The van der Waals surface area contributed by atoms with Crippen molar-refractivity contribution >= 4 is 12.6 Å². The van der Waals surface area contributed by atoms with E-state index < -0.39 is 0 Å². The molecule has 1 fully saturated rings. The number of β-amino-alcohol motifs (C(OH)–C–C–N with tert-alkyl or cyclic N) is 1. The Morgan fingerprint density at radius 3 is 3.11 bits per heavy atom. The third-order valence-electron chi connectivity index (χ3n) is 1.65. The van der Waals surface area contributed by atoms with Crippen LogP contribution in [0.1, 0.15) is 12.8 Å². The molecule has 1 saturated heterocycles. The maximum atomic E-state index is 9.22. The van der Waals surface area contributed by atoms with E-state index in [1.54, 1.807) is 0 Å². The zero-order valence-corrected chi connectivity index (χ0v) is 6.27. The highest BCUT2D eigenvalue weighted by molar-refractivity contribution is 7.81. The quantitative estimate of drug-likeness (QED) is 0.422. The van der Waals surface area contributed by atoms with Crippen molar-refractivity contribution in [3.8, 4) is 0 Å². The fourth-order valence-corrected chi connectivity index (χ4v) is 1.30. The fraction of sp³-hybridized carbons (Fsp3) is 1.00. The van der Waals surface area contributed by atoms with Crippen molar-refractivity contribution in [1.82, 2.24) is 5.32 Å². The minimum atomic E-state index is -0.254. The second kappa shape index (κ2) is 3.44. The highest BCUT2D eigenvalue weighted by Crippen LogP contribution is 2.11. The van der Waals surface area contributed by atoms with E-state index in [1.807, 2.05) is 0 Å². The van der Waals surface area contributed by atoms with Crippen molar-refractivity contribution in [1.29, 1.82) is 0 Å². The van der Waals surface area contributed by atoms with Gasteiger partial charge in [0, 0.05) is 11.8 Å². The predicted octanol–water partition coefficient (Wildman–Crippen LogP) is 0.0291. The Labute approximate surface area is 61.1 Å². The van der Waals surface area contributed by atoms with Crippen LogP contribution >= 0.6 is 12.6 Å². The average Bonchev–Trinajstić information content (AvgIpc) is 1.99. The second-order valence-electron chi connectivity index (χ2n) is 2.48. The lowest BCUT2D eigenvalue weighted by atomic mass is 10.2. The van der Waals surface area contributed by atoms with Crippen LogP contribution in [0.25, 0.3) is 0 Å². The summed E-state index contributed by atoms with van der Waals surface area (Å²) in [7, 11) is 0. The summed E-state index contributed by atoms with van der Waals surface area (Å²) in [4.78, 5) is 0. The van der Waals surface area contributed by atoms with E-state index in [1.165, 1.54) is 0 Å². The SMILES string of the molecule is OC1CNCCCC1S. The Morgan fingerprint density at radius 2 is 2.33 bits per heavy atom. The Morgan fingerprint density at radius 1 is 1.56 bits per heavy atom. The zero-order valence-electron chi connectivity index (χ0n) is 5.38. The van der Waals surface area contributed by atoms with Gasteiger partial charge in [-0.3, -0.25) is 0 Å². The molecule has 2 atom stereocenters. The number of nitrogens with one attached hydrogen (secondary N) is 1. The lowest BCUT2D eigenvalue weighted by Gasteiger charge is -2.12. The van der Waals surface area contributed by atoms with Gasteiger partial charge in [0.15, 0.2) is 0 Å². The van der Waals surface area contributed by atoms with Crippen LogP contribution in [-0.4, -0.2) is 29.5 Å². The molecule has 54 valence electrons. The maximum Gasteiger partial charge on any atom is 0.0780 e. The van der Waals surface area contributed by atoms with Gasteiger partial charge < -0.3 is 10.4 Å². The van der Waals surface area contributed by atoms with Gasteiger partial charge in [-0.2, -0.15) is 12.6 Å². The van der Waals surface area contributed by atoms with Gasteiger partial charge in [-0.25, -0.2) is 0 Å². The van der Waals surface area contributed by atoms with Crippen LogP contribution in [0, 0.1) is 0 Å². The summed E-state index contributed by atoms with van der Waals surface area (Å²) in [5.74, 6) is 0. The fourth-order valence-electron chi connectivity index (χ4n) is 1.01. The lowest BCUT2D eigenvalue weighted by Crippen LogP contribution is -2.29. The van der Waals surface area contributed by atoms with Crippen molar-refractivity contribution in [2.75, 3.05) is 13.1 Å². The first-order valence-electron chi connectivity index (χ1n) is 3.37. The minimum Gasteiger partial charge on any atom is -0.391 e. The lowest BCUT2D eigenvalue weighted by molar-refractivity contribution is 0.174. The summed E-state index contributed by atoms with van der Waals surface area (Å²) in [5, 5.41) is 12.5. The minimum absolute atomic E-state index is 0.181. The van der Waals surface area contributed by atoms with Gasteiger partial charge in [-0.05, 0) is 19.4 Å². The van der Waals surface area contributed by atoms with Gasteiger partial charge >= 0.3 is 0 Å². The molecule has 0 amide bonds. The van der Waals surface area contributed by atoms with E-state index in [2.05, 4.69) is 17.9 Å². The molecule has 1 aliphatic rings. The van der Waals surface area contributed by atoms with E-state index in [9.17, 15) is 5.11 Å². The van der Waals surface area contributed by atoms with Gasteiger partial charge in [0.25, 0.3) is 0 Å². The second-order valence-corrected chi connectivity index (χ2v) is 3.14. The van der Waals surface area contributed by atoms with Gasteiger partial charge in [-0.1, -0.05) is 0 Å². The van der Waals surface area contributed by atoms with Gasteiger partial charge in [0.2, 0.25) is 0 Å². The highest BCUT2D eigenvalue weighted by Gasteiger charge is 2.16. The third-order valence-corrected chi connectivity index (χ3v) is 2.25. The number of aliphatic hydroxyl groups excluding tert-OH is 1. The van der Waals surface area contributed by atoms with Crippen molar-refractivity contribution in [2.24, 2.45) is 0 Å². The number of thiol groups is 1. The summed E-state index contributed by atoms with van der Waals surface area (Å²) in [6.07, 6.45) is 1.90. The molecule has 1 heterocycles. The molecule has 1 rings (SSSR count). The molecule has 0 radical (unpaired) electrons. The molecule has 0 spiro atoms. The number of hydrogen-bond acceptors (Lipinski definition) is 3. The summed E-state index contributed by atoms with van der Waals surface area (Å²) >= 11 is 4.24. The van der Waals surface area contributed by atoms with Crippen LogP contribution in [0.5, 0.6) is 0 Å². The van der Waals surface area contributed by atoms with Crippen LogP contribution in [-0.2, 0) is 0 Å². The van der Waals surface area contributed by atoms with Gasteiger partial charge in [0.05, 0.1) is 6.10 Å². The third kappa shape index (κ3) is 2.16. The van der Waals surface area contributed by atoms with Crippen molar-refractivity contribution < 1.29 is 5.11 Å². The largest absolute Gasteiger partial charge is 0.391 e. The van der Waals surface area contributed by atoms with Crippen LogP contribution in [0.3, 0.4) is 0 Å². The summed E-state index contributed by atoms with van der Waals surface area (Å²) < 4.78 is 0. The molecule has 0 aromatic carbocycles. The van der Waals surface area contributed by atoms with E-state index in [-0.39, 0.29) is 11.4 Å². The first-order valence-corrected chi connectivity index (χ1v) is 3.89. The maximum absolute atomic E-state index is 9.22. The zero-order chi connectivity index (χ0) is 6.69. The van der Waals surface area contributed by atoms with Crippen LogP contribution in [0.2, 0.25) is 0 Å². The monoisotopic (exact) mass is 147 g/mol. The first kappa shape index (κ1) is 7.38. The Balaban J connectivity index is 2.32. The van der Waals surface area contributed by atoms with E-state index in [0.29, 0.717) is 6.54 Å². The topological polar surface area (TPSA) is 32.3 Å². The molecular weight excluding hydrogens is 134 g/mol. The molecule has 1 aliphatic heterocycles. The highest BCUT2D eigenvalue weighted by atomic mass is 32.1. The predicted molar refractivity (Wildman–Crippen MR) is 40.9 cm³/mol. The van der Waals surface area contributed by atoms with Crippen LogP contribution in [0.15, 0.2) is 0 Å². The number of rotatable bonds is 0. The summed E-state index contributed by atoms with van der Waals surface area (Å²) in [6.45, 7) is 1.72. The van der Waals surface area contributed by atoms with Gasteiger partial charge in [0.1, 0.15) is 0 Å². The molecular formula is C6H13NOS. The normalized spacial score (nSPS) is 38.0.